The molecule has 136 valence electrons. The van der Waals surface area contributed by atoms with Crippen molar-refractivity contribution < 1.29 is 9.53 Å². The molecule has 1 aromatic carbocycles. The number of rotatable bonds is 6. The third-order valence-corrected chi connectivity index (χ3v) is 4.93. The van der Waals surface area contributed by atoms with Crippen LogP contribution < -0.4 is 10.1 Å². The first kappa shape index (κ1) is 18.4. The molecule has 1 aliphatic heterocycles. The second-order valence-electron chi connectivity index (χ2n) is 6.14. The average Bonchev–Trinajstić information content (AvgIpc) is 3.10. The number of carbonyl (C=O) groups excluding carboxylic acids is 1. The van der Waals surface area contributed by atoms with Gasteiger partial charge in [0.2, 0.25) is 5.91 Å². The fourth-order valence-electron chi connectivity index (χ4n) is 2.82. The number of hydrogen-bond donors (Lipinski definition) is 1. The third kappa shape index (κ3) is 5.03. The summed E-state index contributed by atoms with van der Waals surface area (Å²) >= 11 is 1.47. The zero-order chi connectivity index (χ0) is 18.4. The molecule has 5 nitrogen and oxygen atoms in total. The predicted molar refractivity (Wildman–Crippen MR) is 107 cm³/mol. The standard InChI is InChI=1S/C20H23N3O2S/c1-15(24)21-20-22-19(14-26-20)17-8-11-23(12-9-17)10-4-6-16-5-3-7-18(13-16)25-2/h3-8,13-14H,9-12H2,1-2H3,(H,21,22,24). The highest BCUT2D eigenvalue weighted by molar-refractivity contribution is 7.14. The number of ether oxygens (including phenoxy) is 1. The van der Waals surface area contributed by atoms with Crippen LogP contribution in [0, 0.1) is 0 Å². The number of thiazole rings is 1. The van der Waals surface area contributed by atoms with Crippen molar-refractivity contribution in [1.29, 1.82) is 0 Å². The molecule has 0 fully saturated rings. The fourth-order valence-corrected chi connectivity index (χ4v) is 3.60. The van der Waals surface area contributed by atoms with Gasteiger partial charge in [0.15, 0.2) is 5.13 Å². The van der Waals surface area contributed by atoms with Crippen LogP contribution in [0.25, 0.3) is 11.6 Å². The first-order chi connectivity index (χ1) is 12.6. The molecule has 1 aromatic heterocycles. The minimum atomic E-state index is -0.0856. The molecule has 3 rings (SSSR count). The Balaban J connectivity index is 1.53. The van der Waals surface area contributed by atoms with Crippen LogP contribution in [0.1, 0.15) is 24.6 Å². The van der Waals surface area contributed by atoms with Crippen LogP contribution in [0.5, 0.6) is 5.75 Å². The van der Waals surface area contributed by atoms with Gasteiger partial charge in [-0.3, -0.25) is 9.69 Å². The summed E-state index contributed by atoms with van der Waals surface area (Å²) < 4.78 is 5.25. The number of carbonyl (C=O) groups is 1. The number of aromatic nitrogens is 1. The highest BCUT2D eigenvalue weighted by atomic mass is 32.1. The Kier molecular flexibility index (Phi) is 6.20. The quantitative estimate of drug-likeness (QED) is 0.839. The first-order valence-electron chi connectivity index (χ1n) is 8.59. The van der Waals surface area contributed by atoms with E-state index in [9.17, 15) is 4.79 Å². The number of nitrogens with one attached hydrogen (secondary N) is 1. The first-order valence-corrected chi connectivity index (χ1v) is 9.47. The van der Waals surface area contributed by atoms with Gasteiger partial charge < -0.3 is 10.1 Å². The summed E-state index contributed by atoms with van der Waals surface area (Å²) in [5, 5.41) is 5.41. The highest BCUT2D eigenvalue weighted by Gasteiger charge is 2.14. The van der Waals surface area contributed by atoms with Crippen LogP contribution in [0.2, 0.25) is 0 Å². The molecule has 1 amide bonds. The Labute approximate surface area is 158 Å². The van der Waals surface area contributed by atoms with E-state index >= 15 is 0 Å². The lowest BCUT2D eigenvalue weighted by molar-refractivity contribution is -0.114. The number of nitrogens with zero attached hydrogens (tertiary/aromatic N) is 2. The van der Waals surface area contributed by atoms with Crippen molar-refractivity contribution in [3.05, 3.63) is 53.1 Å². The van der Waals surface area contributed by atoms with E-state index in [4.69, 9.17) is 4.74 Å². The minimum Gasteiger partial charge on any atom is -0.497 e. The molecule has 0 saturated heterocycles. The molecular formula is C20H23N3O2S. The normalized spacial score (nSPS) is 15.1. The molecule has 0 atom stereocenters. The van der Waals surface area contributed by atoms with Crippen molar-refractivity contribution in [2.24, 2.45) is 0 Å². The highest BCUT2D eigenvalue weighted by Crippen LogP contribution is 2.26. The third-order valence-electron chi connectivity index (χ3n) is 4.18. The Morgan fingerprint density at radius 3 is 3.08 bits per heavy atom. The largest absolute Gasteiger partial charge is 0.497 e. The van der Waals surface area contributed by atoms with E-state index in [1.165, 1.54) is 23.8 Å². The van der Waals surface area contributed by atoms with E-state index in [0.29, 0.717) is 5.13 Å². The van der Waals surface area contributed by atoms with Gasteiger partial charge in [0.1, 0.15) is 5.75 Å². The molecule has 1 N–H and O–H groups in total. The molecule has 1 aliphatic rings. The van der Waals surface area contributed by atoms with E-state index in [-0.39, 0.29) is 5.91 Å². The van der Waals surface area contributed by atoms with Gasteiger partial charge in [-0.15, -0.1) is 11.3 Å². The van der Waals surface area contributed by atoms with Gasteiger partial charge in [-0.1, -0.05) is 30.4 Å². The zero-order valence-corrected chi connectivity index (χ0v) is 15.9. The molecule has 0 saturated carbocycles. The molecule has 26 heavy (non-hydrogen) atoms. The molecule has 0 radical (unpaired) electrons. The Morgan fingerprint density at radius 2 is 2.35 bits per heavy atom. The van der Waals surface area contributed by atoms with Gasteiger partial charge in [0.05, 0.1) is 12.8 Å². The molecular weight excluding hydrogens is 346 g/mol. The Bertz CT molecular complexity index is 826. The molecule has 0 bridgehead atoms. The van der Waals surface area contributed by atoms with Crippen molar-refractivity contribution in [2.75, 3.05) is 32.1 Å². The van der Waals surface area contributed by atoms with Crippen LogP contribution in [0.4, 0.5) is 5.13 Å². The molecule has 0 unspecified atom stereocenters. The van der Waals surface area contributed by atoms with Gasteiger partial charge in [-0.05, 0) is 29.7 Å². The van der Waals surface area contributed by atoms with Crippen molar-refractivity contribution in [3.63, 3.8) is 0 Å². The van der Waals surface area contributed by atoms with Gasteiger partial charge in [0.25, 0.3) is 0 Å². The molecule has 6 heteroatoms. The lowest BCUT2D eigenvalue weighted by Gasteiger charge is -2.24. The van der Waals surface area contributed by atoms with Gasteiger partial charge in [0, 0.05) is 31.9 Å². The van der Waals surface area contributed by atoms with Crippen molar-refractivity contribution >= 4 is 34.0 Å². The Morgan fingerprint density at radius 1 is 1.46 bits per heavy atom. The maximum absolute atomic E-state index is 11.1. The lowest BCUT2D eigenvalue weighted by atomic mass is 10.1. The van der Waals surface area contributed by atoms with Crippen molar-refractivity contribution in [2.45, 2.75) is 13.3 Å². The van der Waals surface area contributed by atoms with Gasteiger partial charge in [-0.25, -0.2) is 4.98 Å². The molecule has 2 aromatic rings. The number of amides is 1. The van der Waals surface area contributed by atoms with Crippen LogP contribution in [0.15, 0.2) is 41.8 Å². The second-order valence-corrected chi connectivity index (χ2v) is 7.00. The van der Waals surface area contributed by atoms with E-state index in [2.05, 4.69) is 39.5 Å². The smallest absolute Gasteiger partial charge is 0.223 e. The number of hydrogen-bond acceptors (Lipinski definition) is 5. The summed E-state index contributed by atoms with van der Waals surface area (Å²) in [6.07, 6.45) is 7.51. The summed E-state index contributed by atoms with van der Waals surface area (Å²) in [6.45, 7) is 4.32. The fraction of sp³-hybridized carbons (Fsp3) is 0.300. The summed E-state index contributed by atoms with van der Waals surface area (Å²) in [5.41, 5.74) is 3.38. The minimum absolute atomic E-state index is 0.0856. The number of benzene rings is 1. The zero-order valence-electron chi connectivity index (χ0n) is 15.1. The second kappa shape index (κ2) is 8.78. The maximum atomic E-state index is 11.1. The van der Waals surface area contributed by atoms with E-state index in [1.54, 1.807) is 7.11 Å². The molecule has 0 aliphatic carbocycles. The van der Waals surface area contributed by atoms with E-state index < -0.39 is 0 Å². The van der Waals surface area contributed by atoms with Crippen molar-refractivity contribution in [1.82, 2.24) is 9.88 Å². The van der Waals surface area contributed by atoms with Crippen LogP contribution in [0.3, 0.4) is 0 Å². The van der Waals surface area contributed by atoms with Crippen LogP contribution in [-0.2, 0) is 4.79 Å². The van der Waals surface area contributed by atoms with Gasteiger partial charge in [-0.2, -0.15) is 0 Å². The van der Waals surface area contributed by atoms with E-state index in [0.717, 1.165) is 43.1 Å². The monoisotopic (exact) mass is 369 g/mol. The van der Waals surface area contributed by atoms with Gasteiger partial charge >= 0.3 is 0 Å². The number of methoxy groups -OCH3 is 1. The molecule has 0 spiro atoms. The Hall–Kier alpha value is -2.44. The SMILES string of the molecule is COc1cccc(C=CCN2CC=C(c3csc(NC(C)=O)n3)CC2)c1. The van der Waals surface area contributed by atoms with Crippen LogP contribution >= 0.6 is 11.3 Å². The number of anilines is 1. The lowest BCUT2D eigenvalue weighted by Crippen LogP contribution is -2.28. The van der Waals surface area contributed by atoms with Crippen molar-refractivity contribution in [3.8, 4) is 5.75 Å². The summed E-state index contributed by atoms with van der Waals surface area (Å²) in [4.78, 5) is 18.0. The predicted octanol–water partition coefficient (Wildman–Crippen LogP) is 3.91. The summed E-state index contributed by atoms with van der Waals surface area (Å²) in [5.74, 6) is 0.789. The molecule has 2 heterocycles. The maximum Gasteiger partial charge on any atom is 0.223 e. The topological polar surface area (TPSA) is 54.5 Å². The summed E-state index contributed by atoms with van der Waals surface area (Å²) in [7, 11) is 1.68. The van der Waals surface area contributed by atoms with Crippen LogP contribution in [-0.4, -0.2) is 42.5 Å². The summed E-state index contributed by atoms with van der Waals surface area (Å²) in [6, 6.07) is 8.05. The average molecular weight is 369 g/mol. The van der Waals surface area contributed by atoms with E-state index in [1.807, 2.05) is 23.6 Å².